The van der Waals surface area contributed by atoms with E-state index >= 15 is 0 Å². The Morgan fingerprint density at radius 3 is 2.79 bits per heavy atom. The van der Waals surface area contributed by atoms with Crippen LogP contribution in [0.5, 0.6) is 5.75 Å². The molecule has 7 heteroatoms. The van der Waals surface area contributed by atoms with E-state index in [1.165, 1.54) is 0 Å². The third kappa shape index (κ3) is 3.07. The number of nitrogens with zero attached hydrogens (tertiary/aromatic N) is 1. The van der Waals surface area contributed by atoms with Gasteiger partial charge in [-0.3, -0.25) is 10.1 Å². The first-order valence-electron chi connectivity index (χ1n) is 7.31. The third-order valence-electron chi connectivity index (χ3n) is 4.05. The first kappa shape index (κ1) is 16.3. The topological polar surface area (TPSA) is 94.2 Å². The lowest BCUT2D eigenvalue weighted by Gasteiger charge is -2.14. The summed E-state index contributed by atoms with van der Waals surface area (Å²) in [7, 11) is 1.60. The summed E-state index contributed by atoms with van der Waals surface area (Å²) < 4.78 is 6.00. The Balaban J connectivity index is 2.15. The number of nitro groups is 1. The summed E-state index contributed by atoms with van der Waals surface area (Å²) in [4.78, 5) is 14.1. The molecule has 1 aromatic heterocycles. The van der Waals surface area contributed by atoms with Crippen molar-refractivity contribution < 1.29 is 9.66 Å². The molecule has 0 saturated carbocycles. The van der Waals surface area contributed by atoms with Gasteiger partial charge in [0.2, 0.25) is 6.54 Å². The molecule has 0 saturated heterocycles. The van der Waals surface area contributed by atoms with Crippen LogP contribution in [0.25, 0.3) is 10.9 Å². The second-order valence-corrected chi connectivity index (χ2v) is 6.36. The zero-order valence-corrected chi connectivity index (χ0v) is 14.5. The van der Waals surface area contributed by atoms with Gasteiger partial charge in [-0.2, -0.15) is 0 Å². The number of methoxy groups -OCH3 is 1. The van der Waals surface area contributed by atoms with Crippen LogP contribution in [-0.2, 0) is 0 Å². The first-order chi connectivity index (χ1) is 11.5. The average Bonchev–Trinajstić information content (AvgIpc) is 2.98. The summed E-state index contributed by atoms with van der Waals surface area (Å²) in [5.41, 5.74) is 9.03. The van der Waals surface area contributed by atoms with Crippen molar-refractivity contribution in [1.29, 1.82) is 0 Å². The zero-order valence-electron chi connectivity index (χ0n) is 13.0. The molecule has 0 aliphatic heterocycles. The van der Waals surface area contributed by atoms with Crippen LogP contribution in [-0.4, -0.2) is 23.6 Å². The number of halogens is 1. The van der Waals surface area contributed by atoms with E-state index < -0.39 is 5.92 Å². The summed E-state index contributed by atoms with van der Waals surface area (Å²) in [5, 5.41) is 12.1. The molecule has 0 bridgehead atoms. The number of aromatic nitrogens is 1. The molecule has 124 valence electrons. The summed E-state index contributed by atoms with van der Waals surface area (Å²) in [6.45, 7) is -0.208. The van der Waals surface area contributed by atoms with Crippen molar-refractivity contribution in [3.8, 4) is 5.75 Å². The number of fused-ring (bicyclic) bond motifs is 1. The quantitative estimate of drug-likeness (QED) is 0.392. The highest BCUT2D eigenvalue weighted by atomic mass is 79.9. The molecule has 3 rings (SSSR count). The molecule has 0 radical (unpaired) electrons. The Labute approximate surface area is 146 Å². The van der Waals surface area contributed by atoms with Gasteiger partial charge in [0.25, 0.3) is 0 Å². The van der Waals surface area contributed by atoms with Crippen molar-refractivity contribution >= 4 is 32.5 Å². The molecule has 0 spiro atoms. The van der Waals surface area contributed by atoms with Crippen molar-refractivity contribution in [2.24, 2.45) is 0 Å². The Morgan fingerprint density at radius 1 is 1.33 bits per heavy atom. The molecule has 24 heavy (non-hydrogen) atoms. The smallest absolute Gasteiger partial charge is 0.214 e. The third-order valence-corrected chi connectivity index (χ3v) is 4.74. The minimum atomic E-state index is -0.391. The fraction of sp³-hybridized carbons (Fsp3) is 0.176. The minimum Gasteiger partial charge on any atom is -0.497 e. The zero-order chi connectivity index (χ0) is 17.3. The maximum Gasteiger partial charge on any atom is 0.214 e. The number of hydrogen-bond donors (Lipinski definition) is 2. The van der Waals surface area contributed by atoms with Gasteiger partial charge in [-0.25, -0.2) is 0 Å². The highest BCUT2D eigenvalue weighted by Crippen LogP contribution is 2.35. The van der Waals surface area contributed by atoms with Crippen molar-refractivity contribution in [2.75, 3.05) is 19.4 Å². The Hall–Kier alpha value is -2.54. The SMILES string of the molecule is COc1ccc2[nH]cc(C(C[N+](=O)[O-])c3ccc(N)c(Br)c3)c2c1. The van der Waals surface area contributed by atoms with E-state index in [9.17, 15) is 10.1 Å². The lowest BCUT2D eigenvalue weighted by molar-refractivity contribution is -0.481. The Kier molecular flexibility index (Phi) is 4.44. The van der Waals surface area contributed by atoms with Crippen molar-refractivity contribution in [1.82, 2.24) is 4.98 Å². The van der Waals surface area contributed by atoms with Gasteiger partial charge in [-0.1, -0.05) is 6.07 Å². The van der Waals surface area contributed by atoms with Crippen LogP contribution in [0.15, 0.2) is 47.1 Å². The van der Waals surface area contributed by atoms with E-state index in [-0.39, 0.29) is 11.5 Å². The lowest BCUT2D eigenvalue weighted by Crippen LogP contribution is -2.14. The molecular formula is C17H16BrN3O3. The van der Waals surface area contributed by atoms with Crippen LogP contribution in [0.4, 0.5) is 5.69 Å². The predicted octanol–water partition coefficient (Wildman–Crippen LogP) is 3.93. The second kappa shape index (κ2) is 6.52. The first-order valence-corrected chi connectivity index (χ1v) is 8.10. The van der Waals surface area contributed by atoms with Crippen molar-refractivity contribution in [3.63, 3.8) is 0 Å². The molecular weight excluding hydrogens is 374 g/mol. The van der Waals surface area contributed by atoms with Gasteiger partial charge in [-0.15, -0.1) is 0 Å². The molecule has 1 atom stereocenters. The largest absolute Gasteiger partial charge is 0.497 e. The number of aromatic amines is 1. The number of H-pyrrole nitrogens is 1. The maximum atomic E-state index is 11.2. The van der Waals surface area contributed by atoms with Crippen LogP contribution in [0, 0.1) is 10.1 Å². The highest BCUT2D eigenvalue weighted by Gasteiger charge is 2.24. The number of ether oxygens (including phenoxy) is 1. The van der Waals surface area contributed by atoms with Gasteiger partial charge in [-0.05, 0) is 57.4 Å². The van der Waals surface area contributed by atoms with E-state index in [1.54, 1.807) is 13.2 Å². The van der Waals surface area contributed by atoms with Crippen molar-refractivity contribution in [3.05, 3.63) is 68.3 Å². The maximum absolute atomic E-state index is 11.2. The molecule has 2 aromatic carbocycles. The van der Waals surface area contributed by atoms with E-state index in [0.717, 1.165) is 26.5 Å². The highest BCUT2D eigenvalue weighted by molar-refractivity contribution is 9.10. The summed E-state index contributed by atoms with van der Waals surface area (Å²) >= 11 is 3.39. The van der Waals surface area contributed by atoms with Crippen LogP contribution in [0.3, 0.4) is 0 Å². The van der Waals surface area contributed by atoms with E-state index in [4.69, 9.17) is 10.5 Å². The molecule has 6 nitrogen and oxygen atoms in total. The van der Waals surface area contributed by atoms with E-state index in [0.29, 0.717) is 11.4 Å². The number of hydrogen-bond acceptors (Lipinski definition) is 4. The Morgan fingerprint density at radius 2 is 2.12 bits per heavy atom. The summed E-state index contributed by atoms with van der Waals surface area (Å²) in [5.74, 6) is 0.319. The Bertz CT molecular complexity index is 907. The normalized spacial score (nSPS) is 12.2. The van der Waals surface area contributed by atoms with Crippen LogP contribution in [0.1, 0.15) is 17.0 Å². The molecule has 1 unspecified atom stereocenters. The van der Waals surface area contributed by atoms with E-state index in [2.05, 4.69) is 20.9 Å². The molecule has 0 aliphatic rings. The van der Waals surface area contributed by atoms with Crippen LogP contribution < -0.4 is 10.5 Å². The number of benzene rings is 2. The van der Waals surface area contributed by atoms with Gasteiger partial charge in [0, 0.05) is 32.2 Å². The monoisotopic (exact) mass is 389 g/mol. The van der Waals surface area contributed by atoms with E-state index in [1.807, 2.05) is 36.5 Å². The standard InChI is InChI=1S/C17H16BrN3O3/c1-24-11-3-5-17-12(7-11)13(8-20-17)14(9-21(22)23)10-2-4-16(19)15(18)6-10/h2-8,14,20H,9,19H2,1H3. The van der Waals surface area contributed by atoms with Gasteiger partial charge < -0.3 is 15.5 Å². The number of nitrogens with two attached hydrogens (primary N) is 1. The molecule has 3 aromatic rings. The lowest BCUT2D eigenvalue weighted by atomic mass is 9.91. The second-order valence-electron chi connectivity index (χ2n) is 5.50. The fourth-order valence-corrected chi connectivity index (χ4v) is 3.23. The number of anilines is 1. The van der Waals surface area contributed by atoms with Gasteiger partial charge in [0.1, 0.15) is 5.75 Å². The minimum absolute atomic E-state index is 0.208. The fourth-order valence-electron chi connectivity index (χ4n) is 2.83. The molecule has 0 aliphatic carbocycles. The number of nitrogen functional groups attached to an aromatic ring is 1. The van der Waals surface area contributed by atoms with Crippen LogP contribution in [0.2, 0.25) is 0 Å². The number of rotatable bonds is 5. The predicted molar refractivity (Wildman–Crippen MR) is 97.1 cm³/mol. The average molecular weight is 390 g/mol. The van der Waals surface area contributed by atoms with Crippen molar-refractivity contribution in [2.45, 2.75) is 5.92 Å². The number of nitrogens with one attached hydrogen (secondary N) is 1. The summed E-state index contributed by atoms with van der Waals surface area (Å²) in [6.07, 6.45) is 1.82. The summed E-state index contributed by atoms with van der Waals surface area (Å²) in [6, 6.07) is 11.1. The molecule has 0 amide bonds. The van der Waals surface area contributed by atoms with Crippen LogP contribution >= 0.6 is 15.9 Å². The van der Waals surface area contributed by atoms with Gasteiger partial charge in [0.05, 0.1) is 13.0 Å². The van der Waals surface area contributed by atoms with Gasteiger partial charge >= 0.3 is 0 Å². The van der Waals surface area contributed by atoms with Gasteiger partial charge in [0.15, 0.2) is 0 Å². The molecule has 1 heterocycles. The molecule has 3 N–H and O–H groups in total. The molecule has 0 fully saturated rings.